The SMILES string of the molecule is CCc1nc(NCC(=O)[O-])c2oc3ccccc3c2n1. The average Bonchev–Trinajstić information content (AvgIpc) is 2.83. The third kappa shape index (κ3) is 2.05. The van der Waals surface area contributed by atoms with E-state index in [1.54, 1.807) is 0 Å². The Kier molecular flexibility index (Phi) is 2.98. The molecule has 3 rings (SSSR count). The summed E-state index contributed by atoms with van der Waals surface area (Å²) >= 11 is 0. The van der Waals surface area contributed by atoms with Crippen molar-refractivity contribution < 1.29 is 14.3 Å². The van der Waals surface area contributed by atoms with Gasteiger partial charge in [0.2, 0.25) is 0 Å². The first-order valence-corrected chi connectivity index (χ1v) is 6.31. The van der Waals surface area contributed by atoms with Crippen LogP contribution in [0.4, 0.5) is 5.82 Å². The first kappa shape index (κ1) is 12.4. The van der Waals surface area contributed by atoms with Crippen molar-refractivity contribution in [2.45, 2.75) is 13.3 Å². The van der Waals surface area contributed by atoms with Crippen LogP contribution in [0.2, 0.25) is 0 Å². The number of hydrogen-bond acceptors (Lipinski definition) is 6. The van der Waals surface area contributed by atoms with Crippen LogP contribution in [0.3, 0.4) is 0 Å². The van der Waals surface area contributed by atoms with E-state index in [0.29, 0.717) is 34.7 Å². The first-order valence-electron chi connectivity index (χ1n) is 6.31. The van der Waals surface area contributed by atoms with E-state index in [9.17, 15) is 9.90 Å². The fraction of sp³-hybridized carbons (Fsp3) is 0.214. The van der Waals surface area contributed by atoms with Gasteiger partial charge >= 0.3 is 0 Å². The fourth-order valence-corrected chi connectivity index (χ4v) is 2.07. The number of anilines is 1. The molecule has 0 aliphatic heterocycles. The zero-order valence-electron chi connectivity index (χ0n) is 10.8. The number of nitrogens with zero attached hydrogens (tertiary/aromatic N) is 2. The second-order valence-electron chi connectivity index (χ2n) is 4.34. The van der Waals surface area contributed by atoms with Crippen molar-refractivity contribution in [3.05, 3.63) is 30.1 Å². The highest BCUT2D eigenvalue weighted by molar-refractivity contribution is 6.05. The number of benzene rings is 1. The summed E-state index contributed by atoms with van der Waals surface area (Å²) in [7, 11) is 0. The van der Waals surface area contributed by atoms with E-state index in [1.807, 2.05) is 31.2 Å². The Balaban J connectivity index is 2.23. The number of para-hydroxylation sites is 1. The number of aryl methyl sites for hydroxylation is 1. The lowest BCUT2D eigenvalue weighted by Crippen LogP contribution is -2.30. The molecule has 1 N–H and O–H groups in total. The molecule has 0 saturated heterocycles. The summed E-state index contributed by atoms with van der Waals surface area (Å²) in [4.78, 5) is 19.3. The van der Waals surface area contributed by atoms with Crippen molar-refractivity contribution in [2.24, 2.45) is 0 Å². The second-order valence-corrected chi connectivity index (χ2v) is 4.34. The van der Waals surface area contributed by atoms with Crippen LogP contribution in [0.15, 0.2) is 28.7 Å². The number of carboxylic acid groups (broad SMARTS) is 1. The molecule has 0 unspecified atom stereocenters. The molecule has 0 amide bonds. The molecule has 0 bridgehead atoms. The molecule has 0 saturated carbocycles. The zero-order chi connectivity index (χ0) is 14.1. The lowest BCUT2D eigenvalue weighted by Gasteiger charge is -2.07. The molecule has 0 spiro atoms. The molecular formula is C14H12N3O3-. The fourth-order valence-electron chi connectivity index (χ4n) is 2.07. The third-order valence-electron chi connectivity index (χ3n) is 2.98. The highest BCUT2D eigenvalue weighted by Gasteiger charge is 2.14. The molecule has 0 fully saturated rings. The number of aromatic nitrogens is 2. The number of fused-ring (bicyclic) bond motifs is 3. The van der Waals surface area contributed by atoms with Crippen LogP contribution in [-0.4, -0.2) is 22.5 Å². The standard InChI is InChI=1S/C14H13N3O3/c1-2-10-16-12-8-5-3-4-6-9(8)20-13(12)14(17-10)15-7-11(18)19/h3-6H,2,7H2,1H3,(H,18,19)(H,15,16,17)/p-1. The van der Waals surface area contributed by atoms with Gasteiger partial charge in [-0.15, -0.1) is 0 Å². The van der Waals surface area contributed by atoms with Crippen molar-refractivity contribution in [2.75, 3.05) is 11.9 Å². The van der Waals surface area contributed by atoms with Gasteiger partial charge in [0, 0.05) is 11.8 Å². The Morgan fingerprint density at radius 3 is 2.90 bits per heavy atom. The maximum atomic E-state index is 10.6. The molecular weight excluding hydrogens is 258 g/mol. The van der Waals surface area contributed by atoms with Gasteiger partial charge in [0.05, 0.1) is 12.5 Å². The van der Waals surface area contributed by atoms with E-state index in [1.165, 1.54) is 0 Å². The Labute approximate surface area is 114 Å². The minimum Gasteiger partial charge on any atom is -0.548 e. The monoisotopic (exact) mass is 270 g/mol. The number of furan rings is 1. The summed E-state index contributed by atoms with van der Waals surface area (Å²) < 4.78 is 5.71. The number of aliphatic carboxylic acids is 1. The minimum absolute atomic E-state index is 0.327. The molecule has 102 valence electrons. The van der Waals surface area contributed by atoms with Gasteiger partial charge in [-0.1, -0.05) is 19.1 Å². The summed E-state index contributed by atoms with van der Waals surface area (Å²) in [5.41, 5.74) is 1.85. The van der Waals surface area contributed by atoms with Gasteiger partial charge < -0.3 is 19.6 Å². The van der Waals surface area contributed by atoms with E-state index in [0.717, 1.165) is 5.39 Å². The highest BCUT2D eigenvalue weighted by atomic mass is 16.4. The summed E-state index contributed by atoms with van der Waals surface area (Å²) in [6.45, 7) is 1.61. The van der Waals surface area contributed by atoms with Crippen LogP contribution in [0.25, 0.3) is 22.1 Å². The van der Waals surface area contributed by atoms with Gasteiger partial charge in [-0.2, -0.15) is 0 Å². The lowest BCUT2D eigenvalue weighted by atomic mass is 10.2. The minimum atomic E-state index is -1.20. The first-order chi connectivity index (χ1) is 9.69. The number of rotatable bonds is 4. The number of nitrogens with one attached hydrogen (secondary N) is 1. The Morgan fingerprint density at radius 1 is 1.35 bits per heavy atom. The van der Waals surface area contributed by atoms with Gasteiger partial charge in [0.25, 0.3) is 0 Å². The second kappa shape index (κ2) is 4.80. The van der Waals surface area contributed by atoms with Gasteiger partial charge in [-0.05, 0) is 12.1 Å². The largest absolute Gasteiger partial charge is 0.548 e. The van der Waals surface area contributed by atoms with Crippen molar-refractivity contribution in [3.63, 3.8) is 0 Å². The van der Waals surface area contributed by atoms with Crippen molar-refractivity contribution in [3.8, 4) is 0 Å². The highest BCUT2D eigenvalue weighted by Crippen LogP contribution is 2.31. The van der Waals surface area contributed by atoms with Gasteiger partial charge in [0.1, 0.15) is 16.9 Å². The maximum Gasteiger partial charge on any atom is 0.196 e. The quantitative estimate of drug-likeness (QED) is 0.763. The number of carbonyl (C=O) groups excluding carboxylic acids is 1. The molecule has 0 aliphatic rings. The molecule has 0 atom stereocenters. The summed E-state index contributed by atoms with van der Waals surface area (Å²) in [6.07, 6.45) is 0.648. The van der Waals surface area contributed by atoms with Crippen molar-refractivity contribution in [1.29, 1.82) is 0 Å². The van der Waals surface area contributed by atoms with E-state index >= 15 is 0 Å². The van der Waals surface area contributed by atoms with Crippen LogP contribution in [0.1, 0.15) is 12.7 Å². The van der Waals surface area contributed by atoms with Crippen LogP contribution in [-0.2, 0) is 11.2 Å². The summed E-state index contributed by atoms with van der Waals surface area (Å²) in [6, 6.07) is 7.52. The van der Waals surface area contributed by atoms with Crippen molar-refractivity contribution >= 4 is 33.9 Å². The number of carbonyl (C=O) groups is 1. The van der Waals surface area contributed by atoms with Gasteiger partial charge in [-0.3, -0.25) is 0 Å². The predicted molar refractivity (Wildman–Crippen MR) is 72.2 cm³/mol. The Hall–Kier alpha value is -2.63. The van der Waals surface area contributed by atoms with Crippen molar-refractivity contribution in [1.82, 2.24) is 9.97 Å². The van der Waals surface area contributed by atoms with E-state index in [2.05, 4.69) is 15.3 Å². The van der Waals surface area contributed by atoms with E-state index < -0.39 is 5.97 Å². The molecule has 1 aromatic carbocycles. The maximum absolute atomic E-state index is 10.6. The molecule has 2 aromatic heterocycles. The van der Waals surface area contributed by atoms with Crippen LogP contribution in [0, 0.1) is 0 Å². The Morgan fingerprint density at radius 2 is 2.15 bits per heavy atom. The smallest absolute Gasteiger partial charge is 0.196 e. The number of hydrogen-bond donors (Lipinski definition) is 1. The topological polar surface area (TPSA) is 91.1 Å². The third-order valence-corrected chi connectivity index (χ3v) is 2.98. The molecule has 0 aliphatic carbocycles. The van der Waals surface area contributed by atoms with Gasteiger partial charge in [0.15, 0.2) is 11.4 Å². The molecule has 0 radical (unpaired) electrons. The van der Waals surface area contributed by atoms with Crippen LogP contribution >= 0.6 is 0 Å². The predicted octanol–water partition coefficient (Wildman–Crippen LogP) is 1.10. The Bertz CT molecular complexity index is 795. The summed E-state index contributed by atoms with van der Waals surface area (Å²) in [5, 5.41) is 14.2. The normalized spacial score (nSPS) is 11.1. The number of carboxylic acids is 1. The molecule has 6 heteroatoms. The average molecular weight is 270 g/mol. The zero-order valence-corrected chi connectivity index (χ0v) is 10.8. The van der Waals surface area contributed by atoms with Crippen LogP contribution < -0.4 is 10.4 Å². The molecule has 20 heavy (non-hydrogen) atoms. The summed E-state index contributed by atoms with van der Waals surface area (Å²) in [5.74, 6) is -0.192. The van der Waals surface area contributed by atoms with Crippen LogP contribution in [0.5, 0.6) is 0 Å². The van der Waals surface area contributed by atoms with E-state index in [4.69, 9.17) is 4.42 Å². The molecule has 6 nitrogen and oxygen atoms in total. The van der Waals surface area contributed by atoms with E-state index in [-0.39, 0.29) is 6.54 Å². The van der Waals surface area contributed by atoms with Gasteiger partial charge in [-0.25, -0.2) is 9.97 Å². The molecule has 2 heterocycles. The lowest BCUT2D eigenvalue weighted by molar-refractivity contribution is -0.302. The molecule has 3 aromatic rings.